The normalized spacial score (nSPS) is 20.5. The van der Waals surface area contributed by atoms with Gasteiger partial charge in [-0.15, -0.1) is 0 Å². The van der Waals surface area contributed by atoms with E-state index >= 15 is 0 Å². The van der Waals surface area contributed by atoms with Gasteiger partial charge in [-0.1, -0.05) is 30.3 Å². The van der Waals surface area contributed by atoms with E-state index in [2.05, 4.69) is 17.4 Å². The Morgan fingerprint density at radius 1 is 1.21 bits per heavy atom. The zero-order chi connectivity index (χ0) is 16.9. The molecule has 1 aliphatic carbocycles. The summed E-state index contributed by atoms with van der Waals surface area (Å²) in [5, 5.41) is 3.08. The van der Waals surface area contributed by atoms with Crippen molar-refractivity contribution in [2.45, 2.75) is 50.6 Å². The van der Waals surface area contributed by atoms with Crippen molar-refractivity contribution in [1.82, 2.24) is 15.1 Å². The highest BCUT2D eigenvalue weighted by atomic mass is 16.2. The molecule has 5 nitrogen and oxygen atoms in total. The fraction of sp³-hybridized carbons (Fsp3) is 0.579. The molecule has 0 bridgehead atoms. The molecule has 1 N–H and O–H groups in total. The predicted octanol–water partition coefficient (Wildman–Crippen LogP) is 2.41. The largest absolute Gasteiger partial charge is 0.341 e. The fourth-order valence-electron chi connectivity index (χ4n) is 3.37. The highest BCUT2D eigenvalue weighted by Gasteiger charge is 2.30. The second kappa shape index (κ2) is 7.69. The van der Waals surface area contributed by atoms with Crippen LogP contribution < -0.4 is 5.32 Å². The lowest BCUT2D eigenvalue weighted by molar-refractivity contribution is -0.130. The number of urea groups is 1. The third-order valence-corrected chi connectivity index (χ3v) is 5.28. The van der Waals surface area contributed by atoms with E-state index in [1.54, 1.807) is 0 Å². The number of hydrogen-bond donors (Lipinski definition) is 1. The minimum absolute atomic E-state index is 0.00304. The van der Waals surface area contributed by atoms with Gasteiger partial charge in [0.1, 0.15) is 0 Å². The maximum absolute atomic E-state index is 12.4. The zero-order valence-electron chi connectivity index (χ0n) is 14.4. The van der Waals surface area contributed by atoms with E-state index in [0.29, 0.717) is 19.0 Å². The number of amides is 3. The molecule has 130 valence electrons. The monoisotopic (exact) mass is 329 g/mol. The average molecular weight is 329 g/mol. The lowest BCUT2D eigenvalue weighted by Crippen LogP contribution is -2.50. The van der Waals surface area contributed by atoms with Crippen LogP contribution in [0, 0.1) is 0 Å². The highest BCUT2D eigenvalue weighted by molar-refractivity contribution is 5.77. The van der Waals surface area contributed by atoms with Gasteiger partial charge >= 0.3 is 6.03 Å². The lowest BCUT2D eigenvalue weighted by Gasteiger charge is -2.35. The molecule has 5 heteroatoms. The van der Waals surface area contributed by atoms with Gasteiger partial charge < -0.3 is 15.1 Å². The second-order valence-electron chi connectivity index (χ2n) is 6.96. The summed E-state index contributed by atoms with van der Waals surface area (Å²) in [4.78, 5) is 28.3. The summed E-state index contributed by atoms with van der Waals surface area (Å²) in [6.07, 6.45) is 5.60. The molecule has 0 spiro atoms. The van der Waals surface area contributed by atoms with Crippen molar-refractivity contribution in [3.05, 3.63) is 35.9 Å². The van der Waals surface area contributed by atoms with E-state index < -0.39 is 0 Å². The second-order valence-corrected chi connectivity index (χ2v) is 6.96. The van der Waals surface area contributed by atoms with Crippen molar-refractivity contribution in [1.29, 1.82) is 0 Å². The Bertz CT molecular complexity index is 571. The van der Waals surface area contributed by atoms with E-state index in [-0.39, 0.29) is 18.0 Å². The molecule has 3 amide bonds. The van der Waals surface area contributed by atoms with Crippen molar-refractivity contribution < 1.29 is 9.59 Å². The number of likely N-dealkylation sites (tertiary alicyclic amines) is 1. The Morgan fingerprint density at radius 2 is 1.96 bits per heavy atom. The average Bonchev–Trinajstić information content (AvgIpc) is 3.00. The van der Waals surface area contributed by atoms with Crippen LogP contribution in [0.25, 0.3) is 0 Å². The molecule has 1 aliphatic heterocycles. The number of carbonyl (C=O) groups is 2. The van der Waals surface area contributed by atoms with Crippen LogP contribution in [-0.4, -0.2) is 54.0 Å². The van der Waals surface area contributed by atoms with E-state index in [1.165, 1.54) is 12.0 Å². The molecule has 2 aliphatic rings. The first-order valence-electron chi connectivity index (χ1n) is 8.98. The number of benzene rings is 1. The smallest absolute Gasteiger partial charge is 0.317 e. The standard InChI is InChI=1S/C19H27N3O2/c1-21(17-8-5-9-17)19(24)20-16-12-13-22(14-16)18(23)11-10-15-6-3-2-4-7-15/h2-4,6-7,16-17H,5,8-14H2,1H3,(H,20,24). The molecule has 1 atom stereocenters. The summed E-state index contributed by atoms with van der Waals surface area (Å²) in [6, 6.07) is 10.6. The van der Waals surface area contributed by atoms with Gasteiger partial charge in [0.25, 0.3) is 0 Å². The Morgan fingerprint density at radius 3 is 2.62 bits per heavy atom. The molecule has 1 saturated carbocycles. The molecule has 2 fully saturated rings. The molecular formula is C19H27N3O2. The van der Waals surface area contributed by atoms with Crippen molar-refractivity contribution in [3.8, 4) is 0 Å². The SMILES string of the molecule is CN(C(=O)NC1CCN(C(=O)CCc2ccccc2)C1)C1CCC1. The molecule has 24 heavy (non-hydrogen) atoms. The summed E-state index contributed by atoms with van der Waals surface area (Å²) in [5.74, 6) is 0.183. The molecule has 1 unspecified atom stereocenters. The van der Waals surface area contributed by atoms with Crippen LogP contribution in [-0.2, 0) is 11.2 Å². The maximum Gasteiger partial charge on any atom is 0.317 e. The van der Waals surface area contributed by atoms with Gasteiger partial charge in [0, 0.05) is 38.6 Å². The zero-order valence-corrected chi connectivity index (χ0v) is 14.4. The number of nitrogens with one attached hydrogen (secondary N) is 1. The first-order valence-corrected chi connectivity index (χ1v) is 8.98. The molecule has 1 saturated heterocycles. The summed E-state index contributed by atoms with van der Waals surface area (Å²) >= 11 is 0. The van der Waals surface area contributed by atoms with Crippen molar-refractivity contribution in [2.24, 2.45) is 0 Å². The van der Waals surface area contributed by atoms with Crippen LogP contribution in [0.5, 0.6) is 0 Å². The Balaban J connectivity index is 1.41. The highest BCUT2D eigenvalue weighted by Crippen LogP contribution is 2.23. The Kier molecular flexibility index (Phi) is 5.38. The lowest BCUT2D eigenvalue weighted by atomic mass is 9.92. The third-order valence-electron chi connectivity index (χ3n) is 5.28. The van der Waals surface area contributed by atoms with E-state index in [1.807, 2.05) is 35.0 Å². The van der Waals surface area contributed by atoms with Crippen LogP contribution in [0.15, 0.2) is 30.3 Å². The van der Waals surface area contributed by atoms with E-state index in [9.17, 15) is 9.59 Å². The number of rotatable bonds is 5. The molecule has 0 radical (unpaired) electrons. The van der Waals surface area contributed by atoms with Crippen LogP contribution >= 0.6 is 0 Å². The van der Waals surface area contributed by atoms with E-state index in [0.717, 1.165) is 32.2 Å². The van der Waals surface area contributed by atoms with Gasteiger partial charge in [-0.2, -0.15) is 0 Å². The quantitative estimate of drug-likeness (QED) is 0.902. The van der Waals surface area contributed by atoms with Gasteiger partial charge in [-0.05, 0) is 37.7 Å². The number of hydrogen-bond acceptors (Lipinski definition) is 2. The minimum atomic E-state index is 0.00304. The molecule has 1 heterocycles. The molecule has 1 aromatic rings. The summed E-state index contributed by atoms with van der Waals surface area (Å²) < 4.78 is 0. The predicted molar refractivity (Wildman–Crippen MR) is 93.7 cm³/mol. The first kappa shape index (κ1) is 16.8. The van der Waals surface area contributed by atoms with Crippen molar-refractivity contribution >= 4 is 11.9 Å². The Labute approximate surface area is 144 Å². The van der Waals surface area contributed by atoms with E-state index in [4.69, 9.17) is 0 Å². The molecular weight excluding hydrogens is 302 g/mol. The maximum atomic E-state index is 12.4. The summed E-state index contributed by atoms with van der Waals surface area (Å²) in [5.41, 5.74) is 1.19. The van der Waals surface area contributed by atoms with Crippen molar-refractivity contribution in [2.75, 3.05) is 20.1 Å². The van der Waals surface area contributed by atoms with Gasteiger partial charge in [0.15, 0.2) is 0 Å². The molecule has 0 aromatic heterocycles. The van der Waals surface area contributed by atoms with Crippen LogP contribution in [0.1, 0.15) is 37.7 Å². The topological polar surface area (TPSA) is 52.7 Å². The molecule has 3 rings (SSSR count). The first-order chi connectivity index (χ1) is 11.6. The van der Waals surface area contributed by atoms with Gasteiger partial charge in [-0.3, -0.25) is 4.79 Å². The molecule has 1 aromatic carbocycles. The van der Waals surface area contributed by atoms with Crippen LogP contribution in [0.2, 0.25) is 0 Å². The van der Waals surface area contributed by atoms with Gasteiger partial charge in [0.05, 0.1) is 0 Å². The minimum Gasteiger partial charge on any atom is -0.341 e. The van der Waals surface area contributed by atoms with Crippen LogP contribution in [0.4, 0.5) is 4.79 Å². The number of nitrogens with zero attached hydrogens (tertiary/aromatic N) is 2. The fourth-order valence-corrected chi connectivity index (χ4v) is 3.37. The number of carbonyl (C=O) groups excluding carboxylic acids is 2. The Hall–Kier alpha value is -2.04. The summed E-state index contributed by atoms with van der Waals surface area (Å²) in [6.45, 7) is 1.38. The summed E-state index contributed by atoms with van der Waals surface area (Å²) in [7, 11) is 1.87. The van der Waals surface area contributed by atoms with Crippen molar-refractivity contribution in [3.63, 3.8) is 0 Å². The van der Waals surface area contributed by atoms with Crippen LogP contribution in [0.3, 0.4) is 0 Å². The third kappa shape index (κ3) is 4.08. The van der Waals surface area contributed by atoms with Gasteiger partial charge in [0.2, 0.25) is 5.91 Å². The number of aryl methyl sites for hydroxylation is 1. The van der Waals surface area contributed by atoms with Gasteiger partial charge in [-0.25, -0.2) is 4.79 Å².